The van der Waals surface area contributed by atoms with Crippen LogP contribution in [0.15, 0.2) is 0 Å². The van der Waals surface area contributed by atoms with E-state index < -0.39 is 17.7 Å². The second-order valence-corrected chi connectivity index (χ2v) is 2.90. The van der Waals surface area contributed by atoms with Crippen LogP contribution < -0.4 is 0 Å². The van der Waals surface area contributed by atoms with Gasteiger partial charge in [0.05, 0.1) is 6.10 Å². The first-order chi connectivity index (χ1) is 6.50. The minimum atomic E-state index is -1.67. The van der Waals surface area contributed by atoms with Gasteiger partial charge in [-0.3, -0.25) is 0 Å². The highest BCUT2D eigenvalue weighted by Crippen LogP contribution is 2.07. The number of nitrogens with zero attached hydrogens (tertiary/aromatic N) is 2. The molecule has 6 heteroatoms. The van der Waals surface area contributed by atoms with Crippen molar-refractivity contribution in [1.29, 1.82) is 0 Å². The molecule has 0 unspecified atom stereocenters. The Balaban J connectivity index is 2.79. The molecule has 0 atom stereocenters. The van der Waals surface area contributed by atoms with Gasteiger partial charge in [-0.1, -0.05) is 0 Å². The van der Waals surface area contributed by atoms with E-state index in [0.29, 0.717) is 0 Å². The molecular formula is C8H9F3N2O. The van der Waals surface area contributed by atoms with Gasteiger partial charge in [0.1, 0.15) is 6.61 Å². The molecule has 0 bridgehead atoms. The Morgan fingerprint density at radius 1 is 1.14 bits per heavy atom. The van der Waals surface area contributed by atoms with Crippen molar-refractivity contribution in [3.63, 3.8) is 0 Å². The summed E-state index contributed by atoms with van der Waals surface area (Å²) in [5.41, 5.74) is 0. The minimum Gasteiger partial charge on any atom is -0.371 e. The van der Waals surface area contributed by atoms with Crippen molar-refractivity contribution in [3.05, 3.63) is 23.5 Å². The third kappa shape index (κ3) is 2.66. The second kappa shape index (κ2) is 4.36. The standard InChI is InChI=1S/C8H9F3N2O/c1-4(2)14-3-5-12-7(10)6(9)8(11)13-5/h4H,3H2,1-2H3. The largest absolute Gasteiger partial charge is 0.371 e. The lowest BCUT2D eigenvalue weighted by atomic mass is 10.5. The lowest BCUT2D eigenvalue weighted by Gasteiger charge is -2.06. The molecule has 78 valence electrons. The molecule has 0 spiro atoms. The molecule has 1 aromatic heterocycles. The summed E-state index contributed by atoms with van der Waals surface area (Å²) < 4.78 is 42.5. The summed E-state index contributed by atoms with van der Waals surface area (Å²) in [5, 5.41) is 0. The van der Waals surface area contributed by atoms with E-state index in [2.05, 4.69) is 9.97 Å². The zero-order valence-electron chi connectivity index (χ0n) is 7.72. The number of aromatic nitrogens is 2. The van der Waals surface area contributed by atoms with Gasteiger partial charge in [-0.05, 0) is 13.8 Å². The molecule has 0 saturated heterocycles. The number of halogens is 3. The van der Waals surface area contributed by atoms with Crippen LogP contribution >= 0.6 is 0 Å². The van der Waals surface area contributed by atoms with E-state index in [1.807, 2.05) is 0 Å². The van der Waals surface area contributed by atoms with Crippen molar-refractivity contribution in [2.45, 2.75) is 26.6 Å². The Bertz CT molecular complexity index is 307. The predicted octanol–water partition coefficient (Wildman–Crippen LogP) is 1.82. The minimum absolute atomic E-state index is 0.116. The van der Waals surface area contributed by atoms with Crippen molar-refractivity contribution in [2.24, 2.45) is 0 Å². The van der Waals surface area contributed by atoms with Crippen LogP contribution in [0.25, 0.3) is 0 Å². The van der Waals surface area contributed by atoms with Crippen LogP contribution in [0.4, 0.5) is 13.2 Å². The average Bonchev–Trinajstić information content (AvgIpc) is 2.10. The summed E-state index contributed by atoms with van der Waals surface area (Å²) in [6.45, 7) is 3.35. The molecule has 1 heterocycles. The highest BCUT2D eigenvalue weighted by Gasteiger charge is 2.13. The van der Waals surface area contributed by atoms with Gasteiger partial charge >= 0.3 is 0 Å². The number of hydrogen-bond acceptors (Lipinski definition) is 3. The van der Waals surface area contributed by atoms with Gasteiger partial charge in [0.2, 0.25) is 5.82 Å². The van der Waals surface area contributed by atoms with Crippen molar-refractivity contribution >= 4 is 0 Å². The summed E-state index contributed by atoms with van der Waals surface area (Å²) in [6, 6.07) is 0. The topological polar surface area (TPSA) is 35.0 Å². The van der Waals surface area contributed by atoms with Crippen LogP contribution in [-0.2, 0) is 11.3 Å². The van der Waals surface area contributed by atoms with Crippen LogP contribution in [0.1, 0.15) is 19.7 Å². The predicted molar refractivity (Wildman–Crippen MR) is 41.8 cm³/mol. The molecule has 14 heavy (non-hydrogen) atoms. The number of hydrogen-bond donors (Lipinski definition) is 0. The lowest BCUT2D eigenvalue weighted by molar-refractivity contribution is 0.0599. The monoisotopic (exact) mass is 206 g/mol. The number of rotatable bonds is 3. The van der Waals surface area contributed by atoms with E-state index >= 15 is 0 Å². The molecule has 0 saturated carbocycles. The molecule has 0 fully saturated rings. The molecule has 0 aliphatic carbocycles. The maximum Gasteiger partial charge on any atom is 0.255 e. The van der Waals surface area contributed by atoms with E-state index in [4.69, 9.17) is 4.74 Å². The van der Waals surface area contributed by atoms with Gasteiger partial charge in [-0.2, -0.15) is 23.1 Å². The summed E-state index contributed by atoms with van der Waals surface area (Å²) in [6.07, 6.45) is -0.116. The highest BCUT2D eigenvalue weighted by molar-refractivity contribution is 4.95. The fourth-order valence-corrected chi connectivity index (χ4v) is 0.741. The summed E-state index contributed by atoms with van der Waals surface area (Å²) in [4.78, 5) is 6.18. The third-order valence-electron chi connectivity index (χ3n) is 1.36. The van der Waals surface area contributed by atoms with Crippen molar-refractivity contribution in [3.8, 4) is 0 Å². The van der Waals surface area contributed by atoms with Gasteiger partial charge in [0.25, 0.3) is 11.9 Å². The van der Waals surface area contributed by atoms with E-state index in [-0.39, 0.29) is 18.5 Å². The van der Waals surface area contributed by atoms with Gasteiger partial charge in [0, 0.05) is 0 Å². The molecule has 0 aliphatic heterocycles. The van der Waals surface area contributed by atoms with Crippen molar-refractivity contribution in [2.75, 3.05) is 0 Å². The fraction of sp³-hybridized carbons (Fsp3) is 0.500. The Labute approximate surface area is 78.9 Å². The Morgan fingerprint density at radius 3 is 2.07 bits per heavy atom. The summed E-state index contributed by atoms with van der Waals surface area (Å²) >= 11 is 0. The van der Waals surface area contributed by atoms with Gasteiger partial charge in [-0.25, -0.2) is 0 Å². The molecule has 0 aliphatic rings. The summed E-state index contributed by atoms with van der Waals surface area (Å²) in [7, 11) is 0. The maximum absolute atomic E-state index is 12.5. The molecule has 0 radical (unpaired) electrons. The first kappa shape index (κ1) is 10.9. The molecule has 0 aromatic carbocycles. The second-order valence-electron chi connectivity index (χ2n) is 2.90. The molecular weight excluding hydrogens is 197 g/mol. The molecule has 0 amide bonds. The van der Waals surface area contributed by atoms with E-state index in [1.54, 1.807) is 13.8 Å². The normalized spacial score (nSPS) is 11.0. The Hall–Kier alpha value is -1.17. The Morgan fingerprint density at radius 2 is 1.64 bits per heavy atom. The van der Waals surface area contributed by atoms with Crippen LogP contribution in [-0.4, -0.2) is 16.1 Å². The van der Waals surface area contributed by atoms with Gasteiger partial charge in [-0.15, -0.1) is 0 Å². The van der Waals surface area contributed by atoms with Crippen LogP contribution in [0.3, 0.4) is 0 Å². The van der Waals surface area contributed by atoms with Crippen LogP contribution in [0.2, 0.25) is 0 Å². The zero-order valence-corrected chi connectivity index (χ0v) is 7.72. The van der Waals surface area contributed by atoms with Gasteiger partial charge < -0.3 is 4.74 Å². The van der Waals surface area contributed by atoms with E-state index in [9.17, 15) is 13.2 Å². The first-order valence-corrected chi connectivity index (χ1v) is 3.99. The fourth-order valence-electron chi connectivity index (χ4n) is 0.741. The Kier molecular flexibility index (Phi) is 3.40. The highest BCUT2D eigenvalue weighted by atomic mass is 19.2. The maximum atomic E-state index is 12.5. The van der Waals surface area contributed by atoms with Crippen LogP contribution in [0.5, 0.6) is 0 Å². The van der Waals surface area contributed by atoms with E-state index in [0.717, 1.165) is 0 Å². The molecule has 1 rings (SSSR count). The van der Waals surface area contributed by atoms with Crippen molar-refractivity contribution < 1.29 is 17.9 Å². The molecule has 1 aromatic rings. The smallest absolute Gasteiger partial charge is 0.255 e. The number of ether oxygens (including phenoxy) is 1. The summed E-state index contributed by atoms with van der Waals surface area (Å²) in [5.74, 6) is -4.88. The SMILES string of the molecule is CC(C)OCc1nc(F)c(F)c(F)n1. The zero-order chi connectivity index (χ0) is 10.7. The average molecular weight is 206 g/mol. The first-order valence-electron chi connectivity index (χ1n) is 3.99. The molecule has 0 N–H and O–H groups in total. The molecule has 3 nitrogen and oxygen atoms in total. The quantitative estimate of drug-likeness (QED) is 0.707. The van der Waals surface area contributed by atoms with Crippen LogP contribution in [0, 0.1) is 17.7 Å². The van der Waals surface area contributed by atoms with Gasteiger partial charge in [0.15, 0.2) is 5.82 Å². The lowest BCUT2D eigenvalue weighted by Crippen LogP contribution is -2.09. The third-order valence-corrected chi connectivity index (χ3v) is 1.36. The van der Waals surface area contributed by atoms with Crippen molar-refractivity contribution in [1.82, 2.24) is 9.97 Å². The van der Waals surface area contributed by atoms with E-state index in [1.165, 1.54) is 0 Å².